The number of aliphatic hydroxyl groups is 1. The zero-order chi connectivity index (χ0) is 21.4. The van der Waals surface area contributed by atoms with Gasteiger partial charge in [-0.25, -0.2) is 0 Å². The van der Waals surface area contributed by atoms with Crippen LogP contribution in [-0.2, 0) is 10.0 Å². The average molecular weight is 485 g/mol. The second-order valence-corrected chi connectivity index (χ2v) is 15.4. The van der Waals surface area contributed by atoms with Crippen molar-refractivity contribution in [1.29, 1.82) is 0 Å². The Bertz CT molecular complexity index is 903. The van der Waals surface area contributed by atoms with Crippen LogP contribution in [0, 0.1) is 29.6 Å². The summed E-state index contributed by atoms with van der Waals surface area (Å²) in [5.74, 6) is 0.961. The molecule has 2 fully saturated rings. The Kier molecular flexibility index (Phi) is 6.60. The molecule has 0 saturated heterocycles. The van der Waals surface area contributed by atoms with E-state index in [-0.39, 0.29) is 21.8 Å². The van der Waals surface area contributed by atoms with Crippen LogP contribution in [0.1, 0.15) is 52.5 Å². The first kappa shape index (κ1) is 22.9. The molecular formula is C23H35NO3SSe. The molecule has 1 unspecified atom stereocenters. The van der Waals surface area contributed by atoms with Crippen molar-refractivity contribution in [2.24, 2.45) is 26.0 Å². The zero-order valence-corrected chi connectivity index (χ0v) is 20.8. The van der Waals surface area contributed by atoms with Crippen molar-refractivity contribution in [3.8, 4) is 0 Å². The van der Waals surface area contributed by atoms with E-state index >= 15 is 0 Å². The molecule has 0 spiro atoms. The molecular weight excluding hydrogens is 449 g/mol. The first-order valence-corrected chi connectivity index (χ1v) is 15.2. The van der Waals surface area contributed by atoms with E-state index in [4.69, 9.17) is 0 Å². The van der Waals surface area contributed by atoms with Crippen LogP contribution in [-0.4, -0.2) is 33.3 Å². The van der Waals surface area contributed by atoms with E-state index in [9.17, 15) is 13.5 Å². The van der Waals surface area contributed by atoms with Crippen molar-refractivity contribution in [3.05, 3.63) is 42.0 Å². The zero-order valence-electron chi connectivity index (χ0n) is 18.3. The van der Waals surface area contributed by atoms with Gasteiger partial charge in [0.1, 0.15) is 0 Å². The van der Waals surface area contributed by atoms with E-state index in [2.05, 4.69) is 43.2 Å². The van der Waals surface area contributed by atoms with Gasteiger partial charge in [0.25, 0.3) is 0 Å². The molecule has 0 aliphatic heterocycles. The Hall–Kier alpha value is -0.811. The minimum absolute atomic E-state index is 0.0407. The SMILES string of the molecule is Cc1ccc(S(=O)(=O)/N=[Se](/C/C=C/C(C)C)C[C@]23CC[C@H](C[C@H]2O)C3(C)C)cc1. The number of rotatable bonds is 7. The molecule has 0 amide bonds. The van der Waals surface area contributed by atoms with Crippen LogP contribution in [0.25, 0.3) is 0 Å². The van der Waals surface area contributed by atoms with E-state index < -0.39 is 23.7 Å². The monoisotopic (exact) mass is 485 g/mol. The van der Waals surface area contributed by atoms with Crippen molar-refractivity contribution in [1.82, 2.24) is 0 Å². The Morgan fingerprint density at radius 2 is 1.93 bits per heavy atom. The summed E-state index contributed by atoms with van der Waals surface area (Å²) >= 11 is -1.87. The summed E-state index contributed by atoms with van der Waals surface area (Å²) in [7, 11) is -3.68. The summed E-state index contributed by atoms with van der Waals surface area (Å²) in [5, 5.41) is 12.4. The van der Waals surface area contributed by atoms with Crippen molar-refractivity contribution >= 4 is 23.7 Å². The first-order valence-electron chi connectivity index (χ1n) is 10.5. The van der Waals surface area contributed by atoms with Crippen LogP contribution in [0.3, 0.4) is 0 Å². The van der Waals surface area contributed by atoms with Gasteiger partial charge in [0.2, 0.25) is 0 Å². The molecule has 29 heavy (non-hydrogen) atoms. The van der Waals surface area contributed by atoms with Gasteiger partial charge in [0.05, 0.1) is 0 Å². The van der Waals surface area contributed by atoms with Gasteiger partial charge in [-0.2, -0.15) is 0 Å². The Morgan fingerprint density at radius 1 is 1.28 bits per heavy atom. The number of benzene rings is 1. The molecule has 1 aromatic carbocycles. The van der Waals surface area contributed by atoms with E-state index in [1.54, 1.807) is 12.1 Å². The summed E-state index contributed by atoms with van der Waals surface area (Å²) in [6.07, 6.45) is 6.87. The van der Waals surface area contributed by atoms with Crippen LogP contribution in [0.4, 0.5) is 0 Å². The van der Waals surface area contributed by atoms with Crippen LogP contribution in [0.2, 0.25) is 10.6 Å². The van der Waals surface area contributed by atoms with E-state index in [1.165, 1.54) is 0 Å². The van der Waals surface area contributed by atoms with Gasteiger partial charge in [-0.3, -0.25) is 0 Å². The molecule has 0 aromatic heterocycles. The summed E-state index contributed by atoms with van der Waals surface area (Å²) in [5.41, 5.74) is 0.877. The fraction of sp³-hybridized carbons (Fsp3) is 0.652. The predicted molar refractivity (Wildman–Crippen MR) is 120 cm³/mol. The minimum atomic E-state index is -3.68. The van der Waals surface area contributed by atoms with Gasteiger partial charge >= 0.3 is 181 Å². The van der Waals surface area contributed by atoms with Gasteiger partial charge in [-0.05, 0) is 0 Å². The second-order valence-electron chi connectivity index (χ2n) is 9.67. The van der Waals surface area contributed by atoms with E-state index in [1.807, 2.05) is 19.1 Å². The van der Waals surface area contributed by atoms with Gasteiger partial charge in [-0.15, -0.1) is 0 Å². The second kappa shape index (κ2) is 8.37. The molecule has 2 saturated carbocycles. The molecule has 162 valence electrons. The number of fused-ring (bicyclic) bond motifs is 2. The summed E-state index contributed by atoms with van der Waals surface area (Å²) in [4.78, 5) is 0.276. The molecule has 0 radical (unpaired) electrons. The Balaban J connectivity index is 1.97. The topological polar surface area (TPSA) is 66.7 Å². The van der Waals surface area contributed by atoms with Crippen LogP contribution in [0.15, 0.2) is 44.7 Å². The molecule has 6 heteroatoms. The average Bonchev–Trinajstić information content (AvgIpc) is 2.96. The normalized spacial score (nSPS) is 29.9. The number of hydrogen-bond donors (Lipinski definition) is 1. The van der Waals surface area contributed by atoms with Gasteiger partial charge in [0, 0.05) is 0 Å². The maximum atomic E-state index is 13.0. The Morgan fingerprint density at radius 3 is 2.45 bits per heavy atom. The molecule has 3 rings (SSSR count). The van der Waals surface area contributed by atoms with Crippen molar-refractivity contribution in [2.75, 3.05) is 0 Å². The molecule has 4 atom stereocenters. The molecule has 1 N–H and O–H groups in total. The third-order valence-electron chi connectivity index (χ3n) is 7.14. The van der Waals surface area contributed by atoms with Gasteiger partial charge in [-0.1, -0.05) is 0 Å². The molecule has 4 nitrogen and oxygen atoms in total. The summed E-state index contributed by atoms with van der Waals surface area (Å²) in [6, 6.07) is 6.94. The van der Waals surface area contributed by atoms with Gasteiger partial charge < -0.3 is 0 Å². The third kappa shape index (κ3) is 4.46. The van der Waals surface area contributed by atoms with Crippen molar-refractivity contribution in [2.45, 2.75) is 75.5 Å². The quantitative estimate of drug-likeness (QED) is 0.420. The summed E-state index contributed by atoms with van der Waals surface area (Å²) in [6.45, 7) is 10.7. The number of aryl methyl sites for hydroxylation is 1. The fourth-order valence-corrected chi connectivity index (χ4v) is 12.8. The molecule has 2 aliphatic rings. The molecule has 2 aliphatic carbocycles. The number of aliphatic hydroxyl groups excluding tert-OH is 1. The molecule has 1 aromatic rings. The van der Waals surface area contributed by atoms with Gasteiger partial charge in [0.15, 0.2) is 0 Å². The maximum absolute atomic E-state index is 13.0. The number of allylic oxidation sites excluding steroid dienone is 2. The standard InChI is InChI=1S/C23H35NO3SSe/c1-17(2)7-6-14-29(24-28(26,27)20-10-8-18(3)9-11-20)16-23-13-12-19(15-21(23)25)22(23,4)5/h6-11,17,19,21,25H,12-16H2,1-5H3/b7-6+/t19-,21-,23-,29?/m1/s1. The number of nitrogens with zero attached hydrogens (tertiary/aromatic N) is 1. The first-order chi connectivity index (χ1) is 13.5. The third-order valence-corrected chi connectivity index (χ3v) is 14.0. The summed E-state index contributed by atoms with van der Waals surface area (Å²) < 4.78 is 30.6. The van der Waals surface area contributed by atoms with E-state index in [0.29, 0.717) is 17.2 Å². The molecule has 2 bridgehead atoms. The van der Waals surface area contributed by atoms with Crippen molar-refractivity contribution in [3.63, 3.8) is 0 Å². The Labute approximate surface area is 180 Å². The van der Waals surface area contributed by atoms with Crippen LogP contribution >= 0.6 is 0 Å². The van der Waals surface area contributed by atoms with Crippen LogP contribution in [0.5, 0.6) is 0 Å². The predicted octanol–water partition coefficient (Wildman–Crippen LogP) is 5.34. The van der Waals surface area contributed by atoms with Crippen LogP contribution < -0.4 is 0 Å². The fourth-order valence-electron chi connectivity index (χ4n) is 5.12. The molecule has 0 heterocycles. The van der Waals surface area contributed by atoms with E-state index in [0.717, 1.165) is 30.1 Å². The number of hydrogen-bond acceptors (Lipinski definition) is 3. The number of sulfonamides is 1. The van der Waals surface area contributed by atoms with Crippen molar-refractivity contribution < 1.29 is 13.5 Å².